The Morgan fingerprint density at radius 3 is 2.80 bits per heavy atom. The summed E-state index contributed by atoms with van der Waals surface area (Å²) < 4.78 is 37.0. The van der Waals surface area contributed by atoms with E-state index < -0.39 is 5.51 Å². The van der Waals surface area contributed by atoms with E-state index in [2.05, 4.69) is 4.98 Å². The summed E-state index contributed by atoms with van der Waals surface area (Å²) in [4.78, 5) is 3.92. The maximum Gasteiger partial charge on any atom is 0.441 e. The Bertz CT molecular complexity index is 347. The highest BCUT2D eigenvalue weighted by Crippen LogP contribution is 2.29. The molecule has 2 N–H and O–H groups in total. The SMILES string of the molecule is NC(=S)c1nccn1CCSC(F)(F)F. The van der Waals surface area contributed by atoms with Crippen LogP contribution in [0.3, 0.4) is 0 Å². The van der Waals surface area contributed by atoms with Crippen LogP contribution in [0, 0.1) is 0 Å². The summed E-state index contributed by atoms with van der Waals surface area (Å²) >= 11 is 4.61. The van der Waals surface area contributed by atoms with Crippen LogP contribution >= 0.6 is 24.0 Å². The van der Waals surface area contributed by atoms with Crippen LogP contribution in [0.2, 0.25) is 0 Å². The van der Waals surface area contributed by atoms with Gasteiger partial charge in [0.05, 0.1) is 0 Å². The zero-order valence-corrected chi connectivity index (χ0v) is 9.12. The zero-order chi connectivity index (χ0) is 11.5. The number of alkyl halides is 3. The van der Waals surface area contributed by atoms with Crippen molar-refractivity contribution >= 4 is 29.0 Å². The van der Waals surface area contributed by atoms with E-state index in [4.69, 9.17) is 18.0 Å². The summed E-state index contributed by atoms with van der Waals surface area (Å²) in [6.07, 6.45) is 3.00. The van der Waals surface area contributed by atoms with Crippen LogP contribution in [0.15, 0.2) is 12.4 Å². The molecule has 1 aromatic rings. The molecule has 0 aromatic carbocycles. The van der Waals surface area contributed by atoms with Gasteiger partial charge in [-0.3, -0.25) is 0 Å². The van der Waals surface area contributed by atoms with E-state index in [1.165, 1.54) is 10.8 Å². The molecule has 1 aromatic heterocycles. The largest absolute Gasteiger partial charge is 0.441 e. The van der Waals surface area contributed by atoms with Gasteiger partial charge in [-0.1, -0.05) is 12.2 Å². The Morgan fingerprint density at radius 2 is 2.27 bits per heavy atom. The van der Waals surface area contributed by atoms with E-state index in [0.29, 0.717) is 5.82 Å². The summed E-state index contributed by atoms with van der Waals surface area (Å²) in [5.74, 6) is 0.253. The van der Waals surface area contributed by atoms with Gasteiger partial charge in [0.15, 0.2) is 5.82 Å². The highest BCUT2D eigenvalue weighted by atomic mass is 32.2. The maximum absolute atomic E-state index is 11.8. The third-order valence-electron chi connectivity index (χ3n) is 1.53. The van der Waals surface area contributed by atoms with Gasteiger partial charge in [-0.2, -0.15) is 13.2 Å². The molecule has 0 radical (unpaired) electrons. The molecule has 0 aliphatic heterocycles. The number of imidazole rings is 1. The van der Waals surface area contributed by atoms with Crippen molar-refractivity contribution in [3.63, 3.8) is 0 Å². The third kappa shape index (κ3) is 4.08. The molecule has 0 aliphatic carbocycles. The van der Waals surface area contributed by atoms with E-state index in [-0.39, 0.29) is 29.0 Å². The molecular formula is C7H8F3N3S2. The first kappa shape index (κ1) is 12.3. The summed E-state index contributed by atoms with van der Waals surface area (Å²) in [5.41, 5.74) is 1.13. The molecule has 0 saturated heterocycles. The molecule has 0 saturated carbocycles. The summed E-state index contributed by atoms with van der Waals surface area (Å²) in [6, 6.07) is 0. The number of halogens is 3. The van der Waals surface area contributed by atoms with Crippen LogP contribution in [0.1, 0.15) is 5.82 Å². The number of aryl methyl sites for hydroxylation is 1. The molecule has 8 heteroatoms. The highest BCUT2D eigenvalue weighted by Gasteiger charge is 2.27. The minimum atomic E-state index is -4.20. The number of nitrogens with two attached hydrogens (primary N) is 1. The molecule has 0 amide bonds. The average Bonchev–Trinajstić information content (AvgIpc) is 2.49. The third-order valence-corrected chi connectivity index (χ3v) is 2.43. The molecule has 15 heavy (non-hydrogen) atoms. The van der Waals surface area contributed by atoms with E-state index in [1.54, 1.807) is 6.20 Å². The number of hydrogen-bond acceptors (Lipinski definition) is 3. The predicted molar refractivity (Wildman–Crippen MR) is 56.6 cm³/mol. The Hall–Kier alpha value is -0.760. The number of aromatic nitrogens is 2. The summed E-state index contributed by atoms with van der Waals surface area (Å²) in [6.45, 7) is 0.177. The van der Waals surface area contributed by atoms with Crippen LogP contribution in [0.4, 0.5) is 13.2 Å². The lowest BCUT2D eigenvalue weighted by Gasteiger charge is -2.07. The summed E-state index contributed by atoms with van der Waals surface area (Å²) in [7, 11) is 0. The van der Waals surface area contributed by atoms with Crippen LogP contribution in [0.25, 0.3) is 0 Å². The van der Waals surface area contributed by atoms with Gasteiger partial charge in [0.1, 0.15) is 4.99 Å². The highest BCUT2D eigenvalue weighted by molar-refractivity contribution is 8.00. The van der Waals surface area contributed by atoms with Crippen molar-refractivity contribution in [2.24, 2.45) is 5.73 Å². The lowest BCUT2D eigenvalue weighted by atomic mass is 10.6. The van der Waals surface area contributed by atoms with Gasteiger partial charge in [-0.05, 0) is 11.8 Å². The van der Waals surface area contributed by atoms with Crippen molar-refractivity contribution in [1.29, 1.82) is 0 Å². The number of thioether (sulfide) groups is 1. The maximum atomic E-state index is 11.8. The molecule has 1 heterocycles. The molecule has 3 nitrogen and oxygen atoms in total. The van der Waals surface area contributed by atoms with E-state index in [1.807, 2.05) is 0 Å². The Balaban J connectivity index is 2.51. The Labute approximate surface area is 93.8 Å². The Kier molecular flexibility index (Phi) is 3.97. The van der Waals surface area contributed by atoms with Crippen LogP contribution in [0.5, 0.6) is 0 Å². The fourth-order valence-corrected chi connectivity index (χ4v) is 1.66. The second-order valence-electron chi connectivity index (χ2n) is 2.60. The van der Waals surface area contributed by atoms with Crippen LogP contribution in [-0.2, 0) is 6.54 Å². The standard InChI is InChI=1S/C7H8F3N3S2/c8-7(9,10)15-4-3-13-2-1-12-6(13)5(11)14/h1-2H,3-4H2,(H2,11,14). The predicted octanol–water partition coefficient (Wildman–Crippen LogP) is 1.77. The average molecular weight is 255 g/mol. The van der Waals surface area contributed by atoms with Crippen molar-refractivity contribution in [3.05, 3.63) is 18.2 Å². The van der Waals surface area contributed by atoms with Gasteiger partial charge in [0, 0.05) is 24.7 Å². The molecule has 0 bridgehead atoms. The molecular weight excluding hydrogens is 247 g/mol. The van der Waals surface area contributed by atoms with E-state index in [0.717, 1.165) is 0 Å². The molecule has 0 unspecified atom stereocenters. The summed E-state index contributed by atoms with van der Waals surface area (Å²) in [5, 5.41) is 0. The molecule has 0 spiro atoms. The number of rotatable bonds is 4. The van der Waals surface area contributed by atoms with Crippen molar-refractivity contribution < 1.29 is 13.2 Å². The molecule has 1 rings (SSSR count). The molecule has 0 atom stereocenters. The van der Waals surface area contributed by atoms with Gasteiger partial charge in [-0.25, -0.2) is 4.98 Å². The van der Waals surface area contributed by atoms with Crippen molar-refractivity contribution in [2.45, 2.75) is 12.1 Å². The molecule has 0 fully saturated rings. The fraction of sp³-hybridized carbons (Fsp3) is 0.429. The minimum absolute atomic E-state index is 0.0805. The van der Waals surface area contributed by atoms with Gasteiger partial charge in [0.2, 0.25) is 0 Å². The van der Waals surface area contributed by atoms with Crippen LogP contribution in [-0.4, -0.2) is 25.8 Å². The number of hydrogen-bond donors (Lipinski definition) is 1. The van der Waals surface area contributed by atoms with Crippen molar-refractivity contribution in [3.8, 4) is 0 Å². The van der Waals surface area contributed by atoms with Crippen LogP contribution < -0.4 is 5.73 Å². The first-order valence-corrected chi connectivity index (χ1v) is 5.31. The normalized spacial score (nSPS) is 11.7. The quantitative estimate of drug-likeness (QED) is 0.833. The number of thiocarbonyl (C=S) groups is 1. The smallest absolute Gasteiger partial charge is 0.387 e. The van der Waals surface area contributed by atoms with Gasteiger partial charge in [0.25, 0.3) is 0 Å². The van der Waals surface area contributed by atoms with E-state index >= 15 is 0 Å². The molecule has 0 aliphatic rings. The second-order valence-corrected chi connectivity index (χ2v) is 4.20. The zero-order valence-electron chi connectivity index (χ0n) is 7.49. The monoisotopic (exact) mass is 255 g/mol. The topological polar surface area (TPSA) is 43.8 Å². The van der Waals surface area contributed by atoms with Gasteiger partial charge in [-0.15, -0.1) is 0 Å². The first-order chi connectivity index (χ1) is 6.90. The number of nitrogens with zero attached hydrogens (tertiary/aromatic N) is 2. The first-order valence-electron chi connectivity index (χ1n) is 3.92. The van der Waals surface area contributed by atoms with Gasteiger partial charge < -0.3 is 10.3 Å². The fourth-order valence-electron chi connectivity index (χ4n) is 0.974. The minimum Gasteiger partial charge on any atom is -0.387 e. The Morgan fingerprint density at radius 1 is 1.60 bits per heavy atom. The molecule has 84 valence electrons. The van der Waals surface area contributed by atoms with Gasteiger partial charge >= 0.3 is 5.51 Å². The van der Waals surface area contributed by atoms with Crippen molar-refractivity contribution in [1.82, 2.24) is 9.55 Å². The second kappa shape index (κ2) is 4.84. The van der Waals surface area contributed by atoms with Crippen molar-refractivity contribution in [2.75, 3.05) is 5.75 Å². The lowest BCUT2D eigenvalue weighted by Crippen LogP contribution is -2.18. The lowest BCUT2D eigenvalue weighted by molar-refractivity contribution is -0.0328. The van der Waals surface area contributed by atoms with E-state index in [9.17, 15) is 13.2 Å².